The number of hydrogen-bond acceptors (Lipinski definition) is 8. The molecule has 1 aliphatic rings. The first-order valence-electron chi connectivity index (χ1n) is 11.4. The summed E-state index contributed by atoms with van der Waals surface area (Å²) in [6, 6.07) is 5.25. The third kappa shape index (κ3) is 9.60. The van der Waals surface area contributed by atoms with Crippen LogP contribution in [-0.4, -0.2) is 79.3 Å². The molecule has 6 unspecified atom stereocenters. The smallest absolute Gasteiger partial charge is 0.303 e. The topological polar surface area (TPSA) is 170 Å². The number of carboxylic acids is 1. The first-order chi connectivity index (χ1) is 16.6. The summed E-state index contributed by atoms with van der Waals surface area (Å²) in [7, 11) is 0. The van der Waals surface area contributed by atoms with E-state index >= 15 is 0 Å². The number of unbranched alkanes of at least 4 members (excludes halogenated alkanes) is 1. The molecule has 12 heteroatoms. The lowest BCUT2D eigenvalue weighted by atomic mass is 9.82. The SMILES string of the molecule is NC(=O)C(CCC(=O)O)NC(=O)C1CC(O)C(O)C(O)C1SCCCCSCc1cccc(F)c1. The van der Waals surface area contributed by atoms with E-state index in [-0.39, 0.29) is 25.1 Å². The molecule has 1 aromatic carbocycles. The van der Waals surface area contributed by atoms with Crippen LogP contribution in [0.1, 0.15) is 37.7 Å². The van der Waals surface area contributed by atoms with E-state index in [1.807, 2.05) is 6.07 Å². The summed E-state index contributed by atoms with van der Waals surface area (Å²) in [5, 5.41) is 41.3. The second kappa shape index (κ2) is 14.6. The van der Waals surface area contributed by atoms with Gasteiger partial charge in [-0.15, -0.1) is 0 Å². The highest BCUT2D eigenvalue weighted by atomic mass is 32.2. The molecule has 1 fully saturated rings. The van der Waals surface area contributed by atoms with Gasteiger partial charge in [0, 0.05) is 17.4 Å². The van der Waals surface area contributed by atoms with Gasteiger partial charge in [-0.3, -0.25) is 14.4 Å². The molecule has 1 aromatic rings. The van der Waals surface area contributed by atoms with Crippen LogP contribution in [0, 0.1) is 11.7 Å². The van der Waals surface area contributed by atoms with Crippen molar-refractivity contribution in [1.29, 1.82) is 0 Å². The van der Waals surface area contributed by atoms with Gasteiger partial charge in [0.25, 0.3) is 0 Å². The number of aliphatic hydroxyl groups excluding tert-OH is 3. The number of nitrogens with two attached hydrogens (primary N) is 1. The molecule has 0 spiro atoms. The normalized spacial score (nSPS) is 25.1. The van der Waals surface area contributed by atoms with Gasteiger partial charge in [-0.25, -0.2) is 4.39 Å². The Hall–Kier alpha value is -1.86. The van der Waals surface area contributed by atoms with Gasteiger partial charge in [0.1, 0.15) is 18.0 Å². The predicted molar refractivity (Wildman–Crippen MR) is 132 cm³/mol. The molecule has 0 heterocycles. The minimum Gasteiger partial charge on any atom is -0.481 e. The van der Waals surface area contributed by atoms with Gasteiger partial charge in [0.15, 0.2) is 0 Å². The Balaban J connectivity index is 1.86. The van der Waals surface area contributed by atoms with E-state index in [9.17, 15) is 34.1 Å². The maximum atomic E-state index is 13.2. The van der Waals surface area contributed by atoms with E-state index in [1.165, 1.54) is 23.9 Å². The standard InChI is InChI=1S/C23H33FN2O7S2/c24-14-5-3-4-13(10-14)12-34-8-1-2-9-35-21-15(11-17(27)19(30)20(21)31)23(33)26-16(22(25)32)6-7-18(28)29/h3-5,10,15-17,19-21,27,30-31H,1-2,6-9,11-12H2,(H2,25,32)(H,26,33)(H,28,29). The van der Waals surface area contributed by atoms with Crippen molar-refractivity contribution in [2.45, 2.75) is 67.5 Å². The maximum Gasteiger partial charge on any atom is 0.303 e. The number of aliphatic hydroxyl groups is 3. The number of carbonyl (C=O) groups excluding carboxylic acids is 2. The van der Waals surface area contributed by atoms with E-state index < -0.39 is 53.3 Å². The van der Waals surface area contributed by atoms with Crippen molar-refractivity contribution in [3.63, 3.8) is 0 Å². The van der Waals surface area contributed by atoms with Gasteiger partial charge in [-0.1, -0.05) is 12.1 Å². The first kappa shape index (κ1) is 29.4. The number of benzene rings is 1. The average Bonchev–Trinajstić information content (AvgIpc) is 2.80. The molecule has 196 valence electrons. The Morgan fingerprint density at radius 1 is 1.14 bits per heavy atom. The molecular weight excluding hydrogens is 499 g/mol. The van der Waals surface area contributed by atoms with Crippen LogP contribution in [0.2, 0.25) is 0 Å². The van der Waals surface area contributed by atoms with Crippen molar-refractivity contribution in [1.82, 2.24) is 5.32 Å². The van der Waals surface area contributed by atoms with Crippen LogP contribution in [0.4, 0.5) is 4.39 Å². The molecule has 1 saturated carbocycles. The second-order valence-electron chi connectivity index (χ2n) is 8.51. The zero-order valence-corrected chi connectivity index (χ0v) is 20.8. The van der Waals surface area contributed by atoms with Crippen molar-refractivity contribution in [2.24, 2.45) is 11.7 Å². The Morgan fingerprint density at radius 2 is 1.86 bits per heavy atom. The molecule has 0 radical (unpaired) electrons. The summed E-state index contributed by atoms with van der Waals surface area (Å²) in [4.78, 5) is 35.3. The number of aliphatic carboxylic acids is 1. The number of halogens is 1. The van der Waals surface area contributed by atoms with Crippen LogP contribution in [0.15, 0.2) is 24.3 Å². The van der Waals surface area contributed by atoms with Gasteiger partial charge in [0.2, 0.25) is 11.8 Å². The van der Waals surface area contributed by atoms with Crippen LogP contribution in [0.25, 0.3) is 0 Å². The average molecular weight is 533 g/mol. The molecule has 7 N–H and O–H groups in total. The zero-order valence-electron chi connectivity index (χ0n) is 19.2. The van der Waals surface area contributed by atoms with Crippen LogP contribution in [0.5, 0.6) is 0 Å². The van der Waals surface area contributed by atoms with E-state index in [0.29, 0.717) is 11.5 Å². The zero-order chi connectivity index (χ0) is 26.0. The Labute approximate surface area is 212 Å². The molecule has 9 nitrogen and oxygen atoms in total. The lowest BCUT2D eigenvalue weighted by molar-refractivity contribution is -0.140. The summed E-state index contributed by atoms with van der Waals surface area (Å²) in [5.74, 6) is -1.68. The third-order valence-electron chi connectivity index (χ3n) is 5.77. The summed E-state index contributed by atoms with van der Waals surface area (Å²) >= 11 is 2.98. The van der Waals surface area contributed by atoms with Gasteiger partial charge in [-0.2, -0.15) is 23.5 Å². The van der Waals surface area contributed by atoms with Crippen LogP contribution in [0.3, 0.4) is 0 Å². The van der Waals surface area contributed by atoms with Gasteiger partial charge < -0.3 is 31.5 Å². The van der Waals surface area contributed by atoms with Crippen molar-refractivity contribution in [3.8, 4) is 0 Å². The fraction of sp³-hybridized carbons (Fsp3) is 0.609. The molecule has 2 rings (SSSR count). The maximum absolute atomic E-state index is 13.2. The molecular formula is C23H33FN2O7S2. The molecule has 0 aromatic heterocycles. The molecule has 2 amide bonds. The monoisotopic (exact) mass is 532 g/mol. The lowest BCUT2D eigenvalue weighted by Crippen LogP contribution is -2.57. The fourth-order valence-electron chi connectivity index (χ4n) is 3.84. The number of hydrogen-bond donors (Lipinski definition) is 6. The number of carbonyl (C=O) groups is 3. The minimum atomic E-state index is -1.41. The van der Waals surface area contributed by atoms with Gasteiger partial charge in [-0.05, 0) is 54.9 Å². The van der Waals surface area contributed by atoms with Crippen LogP contribution >= 0.6 is 23.5 Å². The lowest BCUT2D eigenvalue weighted by Gasteiger charge is -2.40. The number of thioether (sulfide) groups is 2. The Kier molecular flexibility index (Phi) is 12.3. The quantitative estimate of drug-likeness (QED) is 0.190. The van der Waals surface area contributed by atoms with E-state index in [0.717, 1.165) is 24.2 Å². The predicted octanol–water partition coefficient (Wildman–Crippen LogP) is 0.878. The largest absolute Gasteiger partial charge is 0.481 e. The number of nitrogens with one attached hydrogen (secondary N) is 1. The van der Waals surface area contributed by atoms with Crippen molar-refractivity contribution in [3.05, 3.63) is 35.6 Å². The summed E-state index contributed by atoms with van der Waals surface area (Å²) in [6.45, 7) is 0. The Bertz CT molecular complexity index is 863. The highest BCUT2D eigenvalue weighted by Gasteiger charge is 2.46. The highest BCUT2D eigenvalue weighted by molar-refractivity contribution is 8.00. The number of amides is 2. The molecule has 1 aliphatic carbocycles. The highest BCUT2D eigenvalue weighted by Crippen LogP contribution is 2.35. The molecule has 0 saturated heterocycles. The van der Waals surface area contributed by atoms with E-state index in [4.69, 9.17) is 10.8 Å². The Morgan fingerprint density at radius 3 is 2.51 bits per heavy atom. The second-order valence-corrected chi connectivity index (χ2v) is 10.9. The third-order valence-corrected chi connectivity index (χ3v) is 8.40. The summed E-state index contributed by atoms with van der Waals surface area (Å²) < 4.78 is 13.2. The molecule has 35 heavy (non-hydrogen) atoms. The molecule has 0 bridgehead atoms. The van der Waals surface area contributed by atoms with E-state index in [2.05, 4.69) is 5.32 Å². The fourth-order valence-corrected chi connectivity index (χ4v) is 6.28. The number of carboxylic acid groups (broad SMARTS) is 1. The van der Waals surface area contributed by atoms with Crippen LogP contribution < -0.4 is 11.1 Å². The number of rotatable bonds is 14. The summed E-state index contributed by atoms with van der Waals surface area (Å²) in [6.07, 6.45) is -3.10. The van der Waals surface area contributed by atoms with Crippen molar-refractivity contribution < 1.29 is 39.2 Å². The molecule has 0 aliphatic heterocycles. The van der Waals surface area contributed by atoms with E-state index in [1.54, 1.807) is 17.8 Å². The molecule has 6 atom stereocenters. The van der Waals surface area contributed by atoms with Crippen LogP contribution in [-0.2, 0) is 20.1 Å². The van der Waals surface area contributed by atoms with Gasteiger partial charge in [0.05, 0.1) is 18.1 Å². The minimum absolute atomic E-state index is 0.115. The van der Waals surface area contributed by atoms with Crippen molar-refractivity contribution in [2.75, 3.05) is 11.5 Å². The first-order valence-corrected chi connectivity index (χ1v) is 13.6. The summed E-state index contributed by atoms with van der Waals surface area (Å²) in [5.41, 5.74) is 6.19. The van der Waals surface area contributed by atoms with Gasteiger partial charge >= 0.3 is 5.97 Å². The van der Waals surface area contributed by atoms with Crippen molar-refractivity contribution >= 4 is 41.3 Å². The number of primary amides is 1.